The van der Waals surface area contributed by atoms with Crippen LogP contribution in [0.25, 0.3) is 0 Å². The summed E-state index contributed by atoms with van der Waals surface area (Å²) in [6, 6.07) is 6.14. The van der Waals surface area contributed by atoms with E-state index in [0.717, 1.165) is 31.0 Å². The van der Waals surface area contributed by atoms with Crippen LogP contribution in [0.1, 0.15) is 24.6 Å². The molecule has 4 heteroatoms. The highest BCUT2D eigenvalue weighted by molar-refractivity contribution is 5.45. The van der Waals surface area contributed by atoms with Crippen LogP contribution in [0.3, 0.4) is 0 Å². The highest BCUT2D eigenvalue weighted by Gasteiger charge is 2.26. The van der Waals surface area contributed by atoms with Crippen molar-refractivity contribution in [2.45, 2.75) is 26.3 Å². The molecule has 0 spiro atoms. The van der Waals surface area contributed by atoms with Gasteiger partial charge in [0.15, 0.2) is 0 Å². The van der Waals surface area contributed by atoms with Crippen LogP contribution >= 0.6 is 0 Å². The average Bonchev–Trinajstić information content (AvgIpc) is 2.78. The van der Waals surface area contributed by atoms with Gasteiger partial charge in [-0.3, -0.25) is 0 Å². The lowest BCUT2D eigenvalue weighted by molar-refractivity contribution is 0.488. The molecule has 2 rings (SSSR count). The van der Waals surface area contributed by atoms with Crippen LogP contribution < -0.4 is 10.6 Å². The van der Waals surface area contributed by atoms with Crippen molar-refractivity contribution in [3.05, 3.63) is 23.4 Å². The SMILES string of the molecule is Cc1nc(N2CCC(C(C)N)C2)ccc1C#N. The van der Waals surface area contributed by atoms with Crippen molar-refractivity contribution in [3.8, 4) is 6.07 Å². The minimum absolute atomic E-state index is 0.236. The highest BCUT2D eigenvalue weighted by atomic mass is 15.2. The van der Waals surface area contributed by atoms with E-state index in [-0.39, 0.29) is 6.04 Å². The third kappa shape index (κ3) is 2.40. The number of anilines is 1. The predicted octanol–water partition coefficient (Wildman–Crippen LogP) is 1.44. The molecule has 0 aromatic carbocycles. The fraction of sp³-hybridized carbons (Fsp3) is 0.538. The first-order valence-electron chi connectivity index (χ1n) is 6.00. The van der Waals surface area contributed by atoms with Gasteiger partial charge in [-0.2, -0.15) is 5.26 Å². The summed E-state index contributed by atoms with van der Waals surface area (Å²) in [5, 5.41) is 8.87. The summed E-state index contributed by atoms with van der Waals surface area (Å²) in [6.45, 7) is 5.91. The van der Waals surface area contributed by atoms with Crippen LogP contribution in [0.4, 0.5) is 5.82 Å². The third-order valence-corrected chi connectivity index (χ3v) is 3.48. The second kappa shape index (κ2) is 4.72. The molecule has 1 saturated heterocycles. The summed E-state index contributed by atoms with van der Waals surface area (Å²) < 4.78 is 0. The molecule has 90 valence electrons. The number of hydrogen-bond acceptors (Lipinski definition) is 4. The summed E-state index contributed by atoms with van der Waals surface area (Å²) in [4.78, 5) is 6.73. The molecule has 1 aliphatic rings. The highest BCUT2D eigenvalue weighted by Crippen LogP contribution is 2.24. The van der Waals surface area contributed by atoms with Crippen LogP contribution in [0, 0.1) is 24.2 Å². The van der Waals surface area contributed by atoms with Gasteiger partial charge < -0.3 is 10.6 Å². The van der Waals surface area contributed by atoms with Crippen LogP contribution in [-0.4, -0.2) is 24.1 Å². The van der Waals surface area contributed by atoms with Gasteiger partial charge >= 0.3 is 0 Å². The normalized spacial score (nSPS) is 21.3. The Labute approximate surface area is 102 Å². The molecule has 0 bridgehead atoms. The van der Waals surface area contributed by atoms with Gasteiger partial charge in [-0.1, -0.05) is 0 Å². The van der Waals surface area contributed by atoms with Crippen molar-refractivity contribution in [2.75, 3.05) is 18.0 Å². The van der Waals surface area contributed by atoms with Gasteiger partial charge in [0.2, 0.25) is 0 Å². The number of aryl methyl sites for hydroxylation is 1. The third-order valence-electron chi connectivity index (χ3n) is 3.48. The molecule has 1 aromatic rings. The fourth-order valence-corrected chi connectivity index (χ4v) is 2.27. The van der Waals surface area contributed by atoms with Crippen molar-refractivity contribution in [1.82, 2.24) is 4.98 Å². The van der Waals surface area contributed by atoms with Crippen molar-refractivity contribution in [3.63, 3.8) is 0 Å². The van der Waals surface area contributed by atoms with Gasteiger partial charge in [0.05, 0.1) is 11.3 Å². The van der Waals surface area contributed by atoms with Gasteiger partial charge in [-0.15, -0.1) is 0 Å². The van der Waals surface area contributed by atoms with E-state index in [1.165, 1.54) is 0 Å². The Hall–Kier alpha value is -1.60. The van der Waals surface area contributed by atoms with Crippen LogP contribution in [0.5, 0.6) is 0 Å². The molecule has 0 saturated carbocycles. The Morgan fingerprint density at radius 1 is 1.59 bits per heavy atom. The molecule has 2 heterocycles. The zero-order valence-corrected chi connectivity index (χ0v) is 10.3. The topological polar surface area (TPSA) is 65.9 Å². The van der Waals surface area contributed by atoms with E-state index in [9.17, 15) is 0 Å². The number of pyridine rings is 1. The first kappa shape index (κ1) is 11.9. The second-order valence-corrected chi connectivity index (χ2v) is 4.77. The Bertz CT molecular complexity index is 447. The maximum atomic E-state index is 8.87. The summed E-state index contributed by atoms with van der Waals surface area (Å²) in [5.74, 6) is 1.51. The van der Waals surface area contributed by atoms with E-state index in [0.29, 0.717) is 11.5 Å². The van der Waals surface area contributed by atoms with Crippen molar-refractivity contribution >= 4 is 5.82 Å². The molecule has 2 unspecified atom stereocenters. The van der Waals surface area contributed by atoms with Gasteiger partial charge in [-0.25, -0.2) is 4.98 Å². The second-order valence-electron chi connectivity index (χ2n) is 4.77. The van der Waals surface area contributed by atoms with E-state index in [1.54, 1.807) is 0 Å². The number of aromatic nitrogens is 1. The Kier molecular flexibility index (Phi) is 3.30. The first-order chi connectivity index (χ1) is 8.11. The van der Waals surface area contributed by atoms with Crippen LogP contribution in [0.15, 0.2) is 12.1 Å². The molecule has 2 N–H and O–H groups in total. The van der Waals surface area contributed by atoms with Crippen molar-refractivity contribution in [2.24, 2.45) is 11.7 Å². The largest absolute Gasteiger partial charge is 0.356 e. The van der Waals surface area contributed by atoms with E-state index < -0.39 is 0 Å². The fourth-order valence-electron chi connectivity index (χ4n) is 2.27. The van der Waals surface area contributed by atoms with E-state index >= 15 is 0 Å². The van der Waals surface area contributed by atoms with Gasteiger partial charge in [0.1, 0.15) is 11.9 Å². The summed E-state index contributed by atoms with van der Waals surface area (Å²) in [5.41, 5.74) is 7.37. The maximum Gasteiger partial charge on any atom is 0.128 e. The van der Waals surface area contributed by atoms with Crippen molar-refractivity contribution < 1.29 is 0 Å². The monoisotopic (exact) mass is 230 g/mol. The quantitative estimate of drug-likeness (QED) is 0.834. The minimum Gasteiger partial charge on any atom is -0.356 e. The Morgan fingerprint density at radius 3 is 2.88 bits per heavy atom. The van der Waals surface area contributed by atoms with E-state index in [4.69, 9.17) is 11.0 Å². The molecule has 1 aromatic heterocycles. The average molecular weight is 230 g/mol. The Balaban J connectivity index is 2.15. The predicted molar refractivity (Wildman–Crippen MR) is 67.7 cm³/mol. The molecule has 17 heavy (non-hydrogen) atoms. The lowest BCUT2D eigenvalue weighted by Crippen LogP contribution is -2.30. The van der Waals surface area contributed by atoms with Crippen molar-refractivity contribution in [1.29, 1.82) is 5.26 Å². The first-order valence-corrected chi connectivity index (χ1v) is 6.00. The maximum absolute atomic E-state index is 8.87. The van der Waals surface area contributed by atoms with E-state index in [2.05, 4.69) is 22.9 Å². The molecule has 0 radical (unpaired) electrons. The Morgan fingerprint density at radius 2 is 2.35 bits per heavy atom. The molecule has 1 fully saturated rings. The number of rotatable bonds is 2. The molecular weight excluding hydrogens is 212 g/mol. The lowest BCUT2D eigenvalue weighted by Gasteiger charge is -2.19. The summed E-state index contributed by atoms with van der Waals surface area (Å²) in [7, 11) is 0. The van der Waals surface area contributed by atoms with Crippen LogP contribution in [-0.2, 0) is 0 Å². The summed E-state index contributed by atoms with van der Waals surface area (Å²) in [6.07, 6.45) is 1.12. The van der Waals surface area contributed by atoms with Gasteiger partial charge in [-0.05, 0) is 38.3 Å². The van der Waals surface area contributed by atoms with E-state index in [1.807, 2.05) is 19.1 Å². The molecule has 2 atom stereocenters. The van der Waals surface area contributed by atoms with Gasteiger partial charge in [0.25, 0.3) is 0 Å². The number of hydrogen-bond donors (Lipinski definition) is 1. The van der Waals surface area contributed by atoms with Crippen LogP contribution in [0.2, 0.25) is 0 Å². The number of nitrogens with zero attached hydrogens (tertiary/aromatic N) is 3. The molecule has 4 nitrogen and oxygen atoms in total. The zero-order chi connectivity index (χ0) is 12.4. The molecule has 1 aliphatic heterocycles. The lowest BCUT2D eigenvalue weighted by atomic mass is 10.0. The zero-order valence-electron chi connectivity index (χ0n) is 10.3. The smallest absolute Gasteiger partial charge is 0.128 e. The number of nitrogens with two attached hydrogens (primary N) is 1. The summed E-state index contributed by atoms with van der Waals surface area (Å²) >= 11 is 0. The molecule has 0 amide bonds. The molecule has 0 aliphatic carbocycles. The number of nitriles is 1. The molecular formula is C13H18N4. The minimum atomic E-state index is 0.236. The van der Waals surface area contributed by atoms with Gasteiger partial charge in [0, 0.05) is 19.1 Å². The standard InChI is InChI=1S/C13H18N4/c1-9(15)12-5-6-17(8-12)13-4-3-11(7-14)10(2)16-13/h3-4,9,12H,5-6,8,15H2,1-2H3.